The van der Waals surface area contributed by atoms with Gasteiger partial charge in [0.15, 0.2) is 5.16 Å². The van der Waals surface area contributed by atoms with E-state index in [1.807, 2.05) is 65.2 Å². The van der Waals surface area contributed by atoms with Crippen molar-refractivity contribution in [2.75, 3.05) is 5.75 Å². The molecule has 0 aliphatic heterocycles. The van der Waals surface area contributed by atoms with Crippen molar-refractivity contribution in [2.45, 2.75) is 17.7 Å². The fraction of sp³-hybridized carbons (Fsp3) is 0.130. The van der Waals surface area contributed by atoms with E-state index >= 15 is 0 Å². The van der Waals surface area contributed by atoms with E-state index in [0.717, 1.165) is 29.2 Å². The Labute approximate surface area is 177 Å². The van der Waals surface area contributed by atoms with E-state index in [2.05, 4.69) is 10.2 Å². The molecule has 0 saturated carbocycles. The third kappa shape index (κ3) is 4.58. The van der Waals surface area contributed by atoms with E-state index in [-0.39, 0.29) is 11.3 Å². The van der Waals surface area contributed by atoms with E-state index in [0.29, 0.717) is 11.6 Å². The zero-order chi connectivity index (χ0) is 20.9. The van der Waals surface area contributed by atoms with Gasteiger partial charge in [-0.2, -0.15) is 0 Å². The summed E-state index contributed by atoms with van der Waals surface area (Å²) in [6.07, 6.45) is -0.507. The summed E-state index contributed by atoms with van der Waals surface area (Å²) in [5, 5.41) is 19.7. The third-order valence-electron chi connectivity index (χ3n) is 4.61. The highest BCUT2D eigenvalue weighted by Crippen LogP contribution is 2.28. The van der Waals surface area contributed by atoms with Crippen LogP contribution < -0.4 is 0 Å². The van der Waals surface area contributed by atoms with Gasteiger partial charge in [0.2, 0.25) is 0 Å². The van der Waals surface area contributed by atoms with Gasteiger partial charge < -0.3 is 5.11 Å². The van der Waals surface area contributed by atoms with Crippen LogP contribution >= 0.6 is 11.8 Å². The van der Waals surface area contributed by atoms with Crippen LogP contribution in [0.2, 0.25) is 0 Å². The van der Waals surface area contributed by atoms with E-state index in [9.17, 15) is 13.9 Å². The highest BCUT2D eigenvalue weighted by molar-refractivity contribution is 7.99. The number of halogens is 2. The van der Waals surface area contributed by atoms with Gasteiger partial charge in [-0.3, -0.25) is 4.57 Å². The Kier molecular flexibility index (Phi) is 6.21. The van der Waals surface area contributed by atoms with Gasteiger partial charge in [-0.25, -0.2) is 8.78 Å². The Morgan fingerprint density at radius 3 is 2.30 bits per heavy atom. The quantitative estimate of drug-likeness (QED) is 0.427. The minimum atomic E-state index is -1.10. The summed E-state index contributed by atoms with van der Waals surface area (Å²) in [6, 6.07) is 22.8. The fourth-order valence-corrected chi connectivity index (χ4v) is 4.06. The van der Waals surface area contributed by atoms with Crippen molar-refractivity contribution in [1.82, 2.24) is 14.8 Å². The zero-order valence-electron chi connectivity index (χ0n) is 16.0. The molecule has 0 saturated heterocycles. The molecule has 4 rings (SSSR count). The van der Waals surface area contributed by atoms with Crippen molar-refractivity contribution in [3.05, 3.63) is 107 Å². The van der Waals surface area contributed by atoms with Crippen LogP contribution in [0.5, 0.6) is 0 Å². The molecule has 1 N–H and O–H groups in total. The zero-order valence-corrected chi connectivity index (χ0v) is 16.8. The predicted molar refractivity (Wildman–Crippen MR) is 113 cm³/mol. The Morgan fingerprint density at radius 2 is 1.60 bits per heavy atom. The van der Waals surface area contributed by atoms with Crippen LogP contribution in [0.3, 0.4) is 0 Å². The largest absolute Gasteiger partial charge is 0.387 e. The van der Waals surface area contributed by atoms with Gasteiger partial charge in [-0.1, -0.05) is 66.4 Å². The number of para-hydroxylation sites is 1. The van der Waals surface area contributed by atoms with Crippen molar-refractivity contribution < 1.29 is 13.9 Å². The molecular formula is C23H19F2N3OS. The highest BCUT2D eigenvalue weighted by Gasteiger charge is 2.19. The first kappa shape index (κ1) is 20.3. The molecule has 0 spiro atoms. The summed E-state index contributed by atoms with van der Waals surface area (Å²) in [5.41, 5.74) is 2.06. The number of hydrogen-bond acceptors (Lipinski definition) is 4. The van der Waals surface area contributed by atoms with Crippen molar-refractivity contribution in [3.8, 4) is 5.69 Å². The fourth-order valence-electron chi connectivity index (χ4n) is 3.14. The lowest BCUT2D eigenvalue weighted by Crippen LogP contribution is -2.07. The minimum absolute atomic E-state index is 0.0548. The number of thioether (sulfide) groups is 1. The lowest BCUT2D eigenvalue weighted by atomic mass is 10.1. The molecule has 0 aliphatic carbocycles. The molecule has 0 radical (unpaired) electrons. The van der Waals surface area contributed by atoms with Crippen LogP contribution in [0.1, 0.15) is 23.1 Å². The van der Waals surface area contributed by atoms with E-state index in [1.54, 1.807) is 0 Å². The van der Waals surface area contributed by atoms with Gasteiger partial charge >= 0.3 is 0 Å². The maximum atomic E-state index is 14.0. The van der Waals surface area contributed by atoms with Crippen LogP contribution in [-0.2, 0) is 6.42 Å². The van der Waals surface area contributed by atoms with E-state index < -0.39 is 17.7 Å². The summed E-state index contributed by atoms with van der Waals surface area (Å²) in [6.45, 7) is 0. The molecule has 4 aromatic rings. The van der Waals surface area contributed by atoms with Crippen LogP contribution in [0.25, 0.3) is 5.69 Å². The molecule has 0 fully saturated rings. The van der Waals surface area contributed by atoms with Crippen molar-refractivity contribution in [3.63, 3.8) is 0 Å². The number of aromatic nitrogens is 3. The van der Waals surface area contributed by atoms with Crippen molar-refractivity contribution in [1.29, 1.82) is 0 Å². The molecule has 0 aliphatic rings. The van der Waals surface area contributed by atoms with Crippen LogP contribution in [0.4, 0.5) is 8.78 Å². The number of hydrogen-bond donors (Lipinski definition) is 1. The van der Waals surface area contributed by atoms with Gasteiger partial charge in [-0.05, 0) is 23.8 Å². The SMILES string of the molecule is OC(CSc1nnc(Cc2ccccc2)n1-c1ccccc1)c1ccc(F)cc1F. The van der Waals surface area contributed by atoms with Gasteiger partial charge in [0.05, 0.1) is 6.10 Å². The van der Waals surface area contributed by atoms with E-state index in [4.69, 9.17) is 0 Å². The molecule has 0 amide bonds. The molecule has 1 aromatic heterocycles. The standard InChI is InChI=1S/C23H19F2N3OS/c24-17-11-12-19(20(25)14-17)21(29)15-30-23-27-26-22(13-16-7-3-1-4-8-16)28(23)18-9-5-2-6-10-18/h1-12,14,21,29H,13,15H2. The summed E-state index contributed by atoms with van der Waals surface area (Å²) in [4.78, 5) is 0. The van der Waals surface area contributed by atoms with Crippen molar-refractivity contribution in [2.24, 2.45) is 0 Å². The minimum Gasteiger partial charge on any atom is -0.387 e. The van der Waals surface area contributed by atoms with Crippen LogP contribution in [0.15, 0.2) is 84.0 Å². The molecule has 7 heteroatoms. The summed E-state index contributed by atoms with van der Waals surface area (Å²) in [5.74, 6) is -0.529. The maximum Gasteiger partial charge on any atom is 0.195 e. The lowest BCUT2D eigenvalue weighted by Gasteiger charge is -2.13. The average Bonchev–Trinajstić information content (AvgIpc) is 3.15. The van der Waals surface area contributed by atoms with Crippen LogP contribution in [0, 0.1) is 11.6 Å². The van der Waals surface area contributed by atoms with Gasteiger partial charge in [-0.15, -0.1) is 10.2 Å². The molecule has 30 heavy (non-hydrogen) atoms. The normalized spacial score (nSPS) is 12.1. The highest BCUT2D eigenvalue weighted by atomic mass is 32.2. The first-order valence-electron chi connectivity index (χ1n) is 9.41. The number of nitrogens with zero attached hydrogens (tertiary/aromatic N) is 3. The van der Waals surface area contributed by atoms with Crippen molar-refractivity contribution >= 4 is 11.8 Å². The van der Waals surface area contributed by atoms with Crippen LogP contribution in [-0.4, -0.2) is 25.6 Å². The summed E-state index contributed by atoms with van der Waals surface area (Å²) in [7, 11) is 0. The average molecular weight is 423 g/mol. The molecule has 3 aromatic carbocycles. The second-order valence-corrected chi connectivity index (χ2v) is 7.71. The lowest BCUT2D eigenvalue weighted by molar-refractivity contribution is 0.198. The number of aliphatic hydroxyl groups is 1. The second kappa shape index (κ2) is 9.19. The Balaban J connectivity index is 1.59. The van der Waals surface area contributed by atoms with E-state index in [1.165, 1.54) is 17.8 Å². The second-order valence-electron chi connectivity index (χ2n) is 6.72. The third-order valence-corrected chi connectivity index (χ3v) is 5.62. The number of benzene rings is 3. The molecule has 4 nitrogen and oxygen atoms in total. The first-order valence-corrected chi connectivity index (χ1v) is 10.4. The molecule has 1 unspecified atom stereocenters. The Morgan fingerprint density at radius 1 is 0.900 bits per heavy atom. The molecule has 0 bridgehead atoms. The number of aliphatic hydroxyl groups excluding tert-OH is 1. The molecule has 152 valence electrons. The molecular weight excluding hydrogens is 404 g/mol. The number of rotatable bonds is 7. The van der Waals surface area contributed by atoms with Gasteiger partial charge in [0.1, 0.15) is 17.5 Å². The smallest absolute Gasteiger partial charge is 0.195 e. The monoisotopic (exact) mass is 423 g/mol. The maximum absolute atomic E-state index is 14.0. The Bertz CT molecular complexity index is 1120. The topological polar surface area (TPSA) is 50.9 Å². The Hall–Kier alpha value is -3.03. The molecule has 1 heterocycles. The van der Waals surface area contributed by atoms with Gasteiger partial charge in [0, 0.05) is 29.5 Å². The predicted octanol–water partition coefficient (Wildman–Crippen LogP) is 4.96. The first-order chi connectivity index (χ1) is 14.6. The molecule has 1 atom stereocenters. The van der Waals surface area contributed by atoms with Gasteiger partial charge in [0.25, 0.3) is 0 Å². The summed E-state index contributed by atoms with van der Waals surface area (Å²) < 4.78 is 29.0. The summed E-state index contributed by atoms with van der Waals surface area (Å²) >= 11 is 1.27.